The number of halogens is 1. The fraction of sp³-hybridized carbons (Fsp3) is 0.367. The third kappa shape index (κ3) is 5.26. The number of benzene rings is 3. The van der Waals surface area contributed by atoms with Crippen molar-refractivity contribution in [1.29, 1.82) is 0 Å². The lowest BCUT2D eigenvalue weighted by Crippen LogP contribution is -2.36. The highest BCUT2D eigenvalue weighted by Gasteiger charge is 2.50. The van der Waals surface area contributed by atoms with Gasteiger partial charge in [-0.25, -0.2) is 0 Å². The Morgan fingerprint density at radius 1 is 0.951 bits per heavy atom. The number of hydrogen-bond donors (Lipinski definition) is 1. The Morgan fingerprint density at radius 3 is 2.49 bits per heavy atom. The number of para-hydroxylation sites is 1. The number of carbonyl (C=O) groups excluding carboxylic acids is 1. The molecule has 1 amide bonds. The number of amides is 1. The second-order valence-electron chi connectivity index (χ2n) is 10.9. The molecule has 2 heterocycles. The van der Waals surface area contributed by atoms with Crippen LogP contribution in [0.1, 0.15) is 59.1 Å². The average Bonchev–Trinajstić information content (AvgIpc) is 3.32. The fourth-order valence-electron chi connectivity index (χ4n) is 6.56. The summed E-state index contributed by atoms with van der Waals surface area (Å²) in [4.78, 5) is 38.3. The van der Waals surface area contributed by atoms with Crippen LogP contribution in [0.4, 0.5) is 17.1 Å². The molecule has 1 saturated heterocycles. The highest BCUT2D eigenvalue weighted by atomic mass is 35.5. The average molecular weight is 593 g/mol. The number of rotatable bonds is 6. The van der Waals surface area contributed by atoms with Crippen LogP contribution in [-0.4, -0.2) is 44.4 Å². The molecular formula is C30H29ClN4O5S. The zero-order chi connectivity index (χ0) is 28.7. The number of non-ortho nitro benzene ring substituents is 1. The van der Waals surface area contributed by atoms with Crippen molar-refractivity contribution in [3.05, 3.63) is 104 Å². The lowest BCUT2D eigenvalue weighted by atomic mass is 9.76. The maximum Gasteiger partial charge on any atom is 0.282 e. The Kier molecular flexibility index (Phi) is 7.61. The third-order valence-corrected chi connectivity index (χ3v) is 10.6. The molecule has 41 heavy (non-hydrogen) atoms. The van der Waals surface area contributed by atoms with Crippen molar-refractivity contribution in [2.75, 3.05) is 18.4 Å². The molecule has 3 aliphatic rings. The quantitative estimate of drug-likeness (QED) is 0.183. The smallest absolute Gasteiger partial charge is 0.282 e. The van der Waals surface area contributed by atoms with Crippen LogP contribution in [0.2, 0.25) is 0 Å². The van der Waals surface area contributed by atoms with Crippen molar-refractivity contribution in [2.24, 2.45) is 5.92 Å². The number of carbonyl (C=O) groups is 1. The molecule has 1 N–H and O–H groups in total. The van der Waals surface area contributed by atoms with Crippen LogP contribution < -0.4 is 5.32 Å². The third-order valence-electron chi connectivity index (χ3n) is 8.48. The van der Waals surface area contributed by atoms with E-state index in [0.29, 0.717) is 16.9 Å². The number of hydrogen-bond acceptors (Lipinski definition) is 7. The van der Waals surface area contributed by atoms with Gasteiger partial charge < -0.3 is 10.2 Å². The van der Waals surface area contributed by atoms with E-state index in [9.17, 15) is 25.0 Å². The molecule has 2 fully saturated rings. The van der Waals surface area contributed by atoms with Gasteiger partial charge in [-0.1, -0.05) is 24.3 Å². The standard InChI is InChI=1S/C30H29ClN4O5S/c31-28-26(41-25-10-3-2-9-24(25)35(39)40)17-22-27(28)21-16-19(30(36)33-13-4-1-5-14-33)11-12-23(21)32-29(22)18-7-6-8-20(15-18)34(37)38/h2-3,6-12,15-16,22,26-29,32H,1,4-5,13-14,17H2. The first-order valence-corrected chi connectivity index (χ1v) is 15.1. The summed E-state index contributed by atoms with van der Waals surface area (Å²) in [6, 6.07) is 18.8. The Balaban J connectivity index is 1.39. The van der Waals surface area contributed by atoms with E-state index in [1.165, 1.54) is 23.9 Å². The van der Waals surface area contributed by atoms with E-state index in [1.54, 1.807) is 30.3 Å². The van der Waals surface area contributed by atoms with E-state index >= 15 is 0 Å². The zero-order valence-electron chi connectivity index (χ0n) is 22.1. The molecule has 3 aromatic rings. The highest BCUT2D eigenvalue weighted by molar-refractivity contribution is 8.00. The largest absolute Gasteiger partial charge is 0.378 e. The number of piperidine rings is 1. The summed E-state index contributed by atoms with van der Waals surface area (Å²) in [5.74, 6) is -0.195. The van der Waals surface area contributed by atoms with Crippen LogP contribution in [0.3, 0.4) is 0 Å². The first-order chi connectivity index (χ1) is 19.8. The van der Waals surface area contributed by atoms with Gasteiger partial charge >= 0.3 is 0 Å². The van der Waals surface area contributed by atoms with Gasteiger partial charge in [0.15, 0.2) is 0 Å². The minimum atomic E-state index is -0.400. The van der Waals surface area contributed by atoms with Crippen LogP contribution >= 0.6 is 23.4 Å². The summed E-state index contributed by atoms with van der Waals surface area (Å²) in [6.07, 6.45) is 3.77. The van der Waals surface area contributed by atoms with Gasteiger partial charge in [0.25, 0.3) is 17.3 Å². The van der Waals surface area contributed by atoms with E-state index in [1.807, 2.05) is 29.2 Å². The van der Waals surface area contributed by atoms with E-state index in [-0.39, 0.29) is 50.7 Å². The number of alkyl halides is 1. The topological polar surface area (TPSA) is 119 Å². The second kappa shape index (κ2) is 11.3. The molecule has 6 rings (SSSR count). The number of anilines is 1. The van der Waals surface area contributed by atoms with E-state index < -0.39 is 4.92 Å². The molecule has 3 aromatic carbocycles. The van der Waals surface area contributed by atoms with Crippen molar-refractivity contribution in [1.82, 2.24) is 4.90 Å². The Morgan fingerprint density at radius 2 is 1.73 bits per heavy atom. The van der Waals surface area contributed by atoms with Crippen LogP contribution in [-0.2, 0) is 0 Å². The molecule has 0 spiro atoms. The van der Waals surface area contributed by atoms with Crippen LogP contribution in [0.5, 0.6) is 0 Å². The van der Waals surface area contributed by atoms with Gasteiger partial charge in [-0.2, -0.15) is 0 Å². The highest BCUT2D eigenvalue weighted by Crippen LogP contribution is 2.58. The van der Waals surface area contributed by atoms with Crippen molar-refractivity contribution in [3.63, 3.8) is 0 Å². The van der Waals surface area contributed by atoms with Crippen molar-refractivity contribution in [2.45, 2.75) is 53.2 Å². The summed E-state index contributed by atoms with van der Waals surface area (Å²) < 4.78 is 0. The van der Waals surface area contributed by atoms with E-state index in [0.717, 1.165) is 49.2 Å². The second-order valence-corrected chi connectivity index (χ2v) is 12.7. The molecule has 0 aromatic heterocycles. The summed E-state index contributed by atoms with van der Waals surface area (Å²) >= 11 is 8.66. The maximum absolute atomic E-state index is 13.4. The first-order valence-electron chi connectivity index (χ1n) is 13.8. The van der Waals surface area contributed by atoms with Crippen molar-refractivity contribution >= 4 is 46.3 Å². The molecule has 9 nitrogen and oxygen atoms in total. The van der Waals surface area contributed by atoms with Gasteiger partial charge in [0.2, 0.25) is 0 Å². The number of likely N-dealkylation sites (tertiary alicyclic amines) is 1. The number of nitrogens with one attached hydrogen (secondary N) is 1. The first kappa shape index (κ1) is 27.5. The predicted molar refractivity (Wildman–Crippen MR) is 159 cm³/mol. The minimum absolute atomic E-state index is 0.0137. The van der Waals surface area contributed by atoms with Gasteiger partial charge in [0, 0.05) is 53.7 Å². The molecule has 212 valence electrons. The summed E-state index contributed by atoms with van der Waals surface area (Å²) in [5, 5.41) is 26.3. The predicted octanol–water partition coefficient (Wildman–Crippen LogP) is 7.17. The zero-order valence-corrected chi connectivity index (χ0v) is 23.7. The molecule has 5 atom stereocenters. The van der Waals surface area contributed by atoms with E-state index in [2.05, 4.69) is 5.32 Å². The SMILES string of the molecule is O=C(c1ccc2c(c1)C1C(Cl)C(Sc3ccccc3[N+](=O)[O-])CC1C(c1cccc([N+](=O)[O-])c1)N2)N1CCCCC1. The van der Waals surface area contributed by atoms with Crippen LogP contribution in [0, 0.1) is 26.1 Å². The lowest BCUT2D eigenvalue weighted by molar-refractivity contribution is -0.387. The van der Waals surface area contributed by atoms with E-state index in [4.69, 9.17) is 11.6 Å². The monoisotopic (exact) mass is 592 g/mol. The molecule has 11 heteroatoms. The van der Waals surface area contributed by atoms with Gasteiger partial charge in [-0.05, 0) is 67.0 Å². The lowest BCUT2D eigenvalue weighted by Gasteiger charge is -2.38. The molecular weight excluding hydrogens is 564 g/mol. The molecule has 1 aliphatic carbocycles. The van der Waals surface area contributed by atoms with Crippen molar-refractivity contribution in [3.8, 4) is 0 Å². The number of fused-ring (bicyclic) bond motifs is 3. The van der Waals surface area contributed by atoms with Gasteiger partial charge in [-0.3, -0.25) is 25.0 Å². The van der Waals surface area contributed by atoms with Gasteiger partial charge in [0.05, 0.1) is 26.2 Å². The molecule has 2 aliphatic heterocycles. The summed E-state index contributed by atoms with van der Waals surface area (Å²) in [6.45, 7) is 1.50. The number of nitro groups is 2. The Labute approximate surface area is 246 Å². The minimum Gasteiger partial charge on any atom is -0.378 e. The van der Waals surface area contributed by atoms with Gasteiger partial charge in [-0.15, -0.1) is 23.4 Å². The normalized spacial score (nSPS) is 25.1. The molecule has 0 bridgehead atoms. The van der Waals surface area contributed by atoms with Crippen LogP contribution in [0.15, 0.2) is 71.6 Å². The summed E-state index contributed by atoms with van der Waals surface area (Å²) in [7, 11) is 0. The number of thioether (sulfide) groups is 1. The van der Waals surface area contributed by atoms with Crippen LogP contribution in [0.25, 0.3) is 0 Å². The number of nitro benzene ring substituents is 2. The number of nitrogens with zero attached hydrogens (tertiary/aromatic N) is 3. The fourth-order valence-corrected chi connectivity index (χ4v) is 8.51. The Bertz CT molecular complexity index is 1510. The molecule has 1 saturated carbocycles. The molecule has 0 radical (unpaired) electrons. The van der Waals surface area contributed by atoms with Gasteiger partial charge in [0.1, 0.15) is 0 Å². The van der Waals surface area contributed by atoms with Crippen molar-refractivity contribution < 1.29 is 14.6 Å². The Hall–Kier alpha value is -3.63. The maximum atomic E-state index is 13.4. The summed E-state index contributed by atoms with van der Waals surface area (Å²) in [5.41, 5.74) is 3.26. The molecule has 5 unspecified atom stereocenters.